The number of allylic oxidation sites excluding steroid dienone is 16. The monoisotopic (exact) mass is 1070 g/mol. The summed E-state index contributed by atoms with van der Waals surface area (Å²) in [6.45, 7) is 6.54. The molecule has 0 aromatic carbocycles. The molecular formula is C71H122O6. The molecule has 6 nitrogen and oxygen atoms in total. The summed E-state index contributed by atoms with van der Waals surface area (Å²) in [5.41, 5.74) is 0. The van der Waals surface area contributed by atoms with E-state index in [2.05, 4.69) is 118 Å². The molecule has 1 atom stereocenters. The van der Waals surface area contributed by atoms with E-state index in [4.69, 9.17) is 14.2 Å². The van der Waals surface area contributed by atoms with Crippen molar-refractivity contribution in [2.75, 3.05) is 13.2 Å². The minimum Gasteiger partial charge on any atom is -0.462 e. The standard InChI is InChI=1S/C71H122O6/c1-4-7-10-13-16-19-22-25-27-28-29-30-31-32-33-34-35-36-37-38-39-40-41-42-43-44-45-47-49-52-55-58-61-64-70(73)76-67-68(66-75-69(72)63-60-57-54-51-48-24-21-18-15-12-9-6-3)77-71(74)65-62-59-56-53-50-46-26-23-20-17-14-11-8-5-2/h7,10,16,19,25,27,29-30,32-33,35-36,38-39,41-42,68H,4-6,8-9,11-15,17-18,20-24,26,28,31,34,37,40,43-67H2,1-3H3/b10-7-,19-16-,27-25-,30-29-,33-32-,36-35-,39-38-,42-41-. The van der Waals surface area contributed by atoms with Gasteiger partial charge in [0.05, 0.1) is 0 Å². The van der Waals surface area contributed by atoms with Gasteiger partial charge in [-0.05, 0) is 83.5 Å². The van der Waals surface area contributed by atoms with Gasteiger partial charge in [0, 0.05) is 19.3 Å². The topological polar surface area (TPSA) is 78.9 Å². The normalized spacial score (nSPS) is 12.7. The fourth-order valence-corrected chi connectivity index (χ4v) is 9.23. The zero-order chi connectivity index (χ0) is 55.7. The Morgan fingerprint density at radius 1 is 0.273 bits per heavy atom. The molecule has 0 aliphatic rings. The van der Waals surface area contributed by atoms with Gasteiger partial charge >= 0.3 is 17.9 Å². The maximum atomic E-state index is 12.9. The maximum Gasteiger partial charge on any atom is 0.306 e. The highest BCUT2D eigenvalue weighted by molar-refractivity contribution is 5.71. The number of hydrogen-bond donors (Lipinski definition) is 0. The number of hydrogen-bond acceptors (Lipinski definition) is 6. The lowest BCUT2D eigenvalue weighted by Crippen LogP contribution is -2.30. The van der Waals surface area contributed by atoms with E-state index in [9.17, 15) is 14.4 Å². The van der Waals surface area contributed by atoms with Crippen LogP contribution in [-0.2, 0) is 28.6 Å². The molecule has 0 amide bonds. The zero-order valence-corrected chi connectivity index (χ0v) is 50.7. The van der Waals surface area contributed by atoms with E-state index < -0.39 is 6.10 Å². The molecule has 0 aliphatic heterocycles. The molecule has 6 heteroatoms. The highest BCUT2D eigenvalue weighted by Gasteiger charge is 2.19. The lowest BCUT2D eigenvalue weighted by molar-refractivity contribution is -0.167. The minimum absolute atomic E-state index is 0.0746. The summed E-state index contributed by atoms with van der Waals surface area (Å²) < 4.78 is 16.9. The van der Waals surface area contributed by atoms with Crippen molar-refractivity contribution in [2.24, 2.45) is 0 Å². The Balaban J connectivity index is 4.21. The van der Waals surface area contributed by atoms with E-state index in [1.807, 2.05) is 0 Å². The summed E-state index contributed by atoms with van der Waals surface area (Å²) in [5, 5.41) is 0. The number of rotatable bonds is 59. The maximum absolute atomic E-state index is 12.9. The number of carbonyl (C=O) groups excluding carboxylic acids is 3. The molecule has 0 radical (unpaired) electrons. The van der Waals surface area contributed by atoms with Crippen molar-refractivity contribution >= 4 is 17.9 Å². The molecule has 0 rings (SSSR count). The van der Waals surface area contributed by atoms with Crippen LogP contribution in [0.1, 0.15) is 316 Å². The highest BCUT2D eigenvalue weighted by atomic mass is 16.6. The fraction of sp³-hybridized carbons (Fsp3) is 0.732. The third kappa shape index (κ3) is 63.0. The Labute approximate surface area is 477 Å². The van der Waals surface area contributed by atoms with Gasteiger partial charge in [-0.1, -0.05) is 311 Å². The highest BCUT2D eigenvalue weighted by Crippen LogP contribution is 2.17. The Hall–Kier alpha value is -3.67. The third-order valence-electron chi connectivity index (χ3n) is 14.1. The Kier molecular flexibility index (Phi) is 61.8. The summed E-state index contributed by atoms with van der Waals surface area (Å²) in [7, 11) is 0. The van der Waals surface area contributed by atoms with Gasteiger partial charge in [0.1, 0.15) is 13.2 Å². The second-order valence-corrected chi connectivity index (χ2v) is 21.7. The van der Waals surface area contributed by atoms with Gasteiger partial charge in [-0.3, -0.25) is 14.4 Å². The first-order valence-electron chi connectivity index (χ1n) is 32.7. The SMILES string of the molecule is CC/C=C\C/C=C\C/C=C\C/C=C\C/C=C\C/C=C\C/C=C\C/C=C\CCCCCCCCCCC(=O)OCC(COC(=O)CCCCCCCCCCCCCC)OC(=O)CCCCCCCCCCCCCCCC. The molecule has 0 spiro atoms. The first-order valence-corrected chi connectivity index (χ1v) is 32.7. The Morgan fingerprint density at radius 2 is 0.506 bits per heavy atom. The lowest BCUT2D eigenvalue weighted by atomic mass is 10.0. The van der Waals surface area contributed by atoms with Crippen LogP contribution in [0.5, 0.6) is 0 Å². The van der Waals surface area contributed by atoms with Gasteiger partial charge in [-0.25, -0.2) is 0 Å². The molecule has 0 aromatic rings. The van der Waals surface area contributed by atoms with Crippen molar-refractivity contribution in [1.82, 2.24) is 0 Å². The van der Waals surface area contributed by atoms with Gasteiger partial charge in [0.25, 0.3) is 0 Å². The van der Waals surface area contributed by atoms with Crippen LogP contribution in [0.2, 0.25) is 0 Å². The summed E-state index contributed by atoms with van der Waals surface area (Å²) >= 11 is 0. The molecular weight excluding hydrogens is 949 g/mol. The molecule has 77 heavy (non-hydrogen) atoms. The first kappa shape index (κ1) is 73.3. The molecule has 0 fully saturated rings. The van der Waals surface area contributed by atoms with Gasteiger partial charge in [0.2, 0.25) is 0 Å². The average molecular weight is 1070 g/mol. The third-order valence-corrected chi connectivity index (χ3v) is 14.1. The van der Waals surface area contributed by atoms with Crippen LogP contribution in [0.25, 0.3) is 0 Å². The van der Waals surface area contributed by atoms with Crippen molar-refractivity contribution in [2.45, 2.75) is 322 Å². The molecule has 0 heterocycles. The molecule has 1 unspecified atom stereocenters. The molecule has 0 aromatic heterocycles. The molecule has 0 bridgehead atoms. The van der Waals surface area contributed by atoms with Crippen LogP contribution in [-0.4, -0.2) is 37.2 Å². The van der Waals surface area contributed by atoms with E-state index in [0.29, 0.717) is 19.3 Å². The number of unbranched alkanes of at least 4 members (excludes halogenated alkanes) is 32. The van der Waals surface area contributed by atoms with Crippen LogP contribution in [0.4, 0.5) is 0 Å². The van der Waals surface area contributed by atoms with E-state index >= 15 is 0 Å². The largest absolute Gasteiger partial charge is 0.462 e. The predicted molar refractivity (Wildman–Crippen MR) is 334 cm³/mol. The number of ether oxygens (including phenoxy) is 3. The van der Waals surface area contributed by atoms with E-state index in [1.54, 1.807) is 0 Å². The molecule has 0 saturated heterocycles. The van der Waals surface area contributed by atoms with Crippen molar-refractivity contribution in [3.05, 3.63) is 97.2 Å². The lowest BCUT2D eigenvalue weighted by Gasteiger charge is -2.18. The predicted octanol–water partition coefficient (Wildman–Crippen LogP) is 22.4. The summed E-state index contributed by atoms with van der Waals surface area (Å²) in [4.78, 5) is 38.2. The average Bonchev–Trinajstić information content (AvgIpc) is 3.43. The van der Waals surface area contributed by atoms with E-state index in [1.165, 1.54) is 161 Å². The summed E-state index contributed by atoms with van der Waals surface area (Å²) in [6, 6.07) is 0. The summed E-state index contributed by atoms with van der Waals surface area (Å²) in [6.07, 6.45) is 87.0. The smallest absolute Gasteiger partial charge is 0.306 e. The van der Waals surface area contributed by atoms with Crippen LogP contribution in [0, 0.1) is 0 Å². The second kappa shape index (κ2) is 64.9. The van der Waals surface area contributed by atoms with E-state index in [-0.39, 0.29) is 31.1 Å². The molecule has 442 valence electrons. The number of esters is 3. The second-order valence-electron chi connectivity index (χ2n) is 21.7. The Morgan fingerprint density at radius 3 is 0.792 bits per heavy atom. The molecule has 0 N–H and O–H groups in total. The Bertz CT molecular complexity index is 1510. The van der Waals surface area contributed by atoms with Crippen molar-refractivity contribution in [1.29, 1.82) is 0 Å². The van der Waals surface area contributed by atoms with Gasteiger partial charge in [-0.2, -0.15) is 0 Å². The molecule has 0 saturated carbocycles. The fourth-order valence-electron chi connectivity index (χ4n) is 9.23. The van der Waals surface area contributed by atoms with Crippen LogP contribution in [0.3, 0.4) is 0 Å². The van der Waals surface area contributed by atoms with E-state index in [0.717, 1.165) is 116 Å². The van der Waals surface area contributed by atoms with Gasteiger partial charge in [-0.15, -0.1) is 0 Å². The zero-order valence-electron chi connectivity index (χ0n) is 50.7. The van der Waals surface area contributed by atoms with Crippen LogP contribution in [0.15, 0.2) is 97.2 Å². The summed E-state index contributed by atoms with van der Waals surface area (Å²) in [5.74, 6) is -0.871. The van der Waals surface area contributed by atoms with Crippen molar-refractivity contribution < 1.29 is 28.6 Å². The molecule has 0 aliphatic carbocycles. The van der Waals surface area contributed by atoms with Gasteiger partial charge in [0.15, 0.2) is 6.10 Å². The van der Waals surface area contributed by atoms with Crippen molar-refractivity contribution in [3.63, 3.8) is 0 Å². The van der Waals surface area contributed by atoms with Crippen LogP contribution >= 0.6 is 0 Å². The number of carbonyl (C=O) groups is 3. The quantitative estimate of drug-likeness (QED) is 0.0261. The van der Waals surface area contributed by atoms with Crippen LogP contribution < -0.4 is 0 Å². The van der Waals surface area contributed by atoms with Crippen molar-refractivity contribution in [3.8, 4) is 0 Å². The van der Waals surface area contributed by atoms with Gasteiger partial charge < -0.3 is 14.2 Å². The first-order chi connectivity index (χ1) is 38.0. The minimum atomic E-state index is -0.777.